The van der Waals surface area contributed by atoms with E-state index in [1.54, 1.807) is 36.6 Å². The van der Waals surface area contributed by atoms with Crippen LogP contribution in [0.5, 0.6) is 5.75 Å². The van der Waals surface area contributed by atoms with Crippen molar-refractivity contribution in [2.45, 2.75) is 0 Å². The van der Waals surface area contributed by atoms with E-state index in [0.717, 1.165) is 16.7 Å². The lowest BCUT2D eigenvalue weighted by molar-refractivity contribution is -0.113. The van der Waals surface area contributed by atoms with E-state index in [4.69, 9.17) is 4.42 Å². The normalized spacial score (nSPS) is 17.1. The Hall–Kier alpha value is -2.73. The van der Waals surface area contributed by atoms with E-state index >= 15 is 0 Å². The molecule has 0 atom stereocenters. The summed E-state index contributed by atoms with van der Waals surface area (Å²) in [6.07, 6.45) is 6.49. The van der Waals surface area contributed by atoms with Crippen molar-refractivity contribution in [3.8, 4) is 5.75 Å². The largest absolute Gasteiger partial charge is 0.508 e. The molecule has 1 aliphatic heterocycles. The van der Waals surface area contributed by atoms with E-state index in [1.165, 1.54) is 24.3 Å². The summed E-state index contributed by atoms with van der Waals surface area (Å²) in [5, 5.41) is 8.90. The maximum atomic E-state index is 12.3. The summed E-state index contributed by atoms with van der Waals surface area (Å²) < 4.78 is 5.14. The van der Waals surface area contributed by atoms with E-state index < -0.39 is 0 Å². The molecular formula is C16H11NO4S. The van der Waals surface area contributed by atoms with Gasteiger partial charge in [0, 0.05) is 0 Å². The van der Waals surface area contributed by atoms with Gasteiger partial charge in [-0.05, 0) is 60.3 Å². The fourth-order valence-corrected chi connectivity index (χ4v) is 2.72. The van der Waals surface area contributed by atoms with Crippen molar-refractivity contribution in [3.05, 3.63) is 65.5 Å². The highest BCUT2D eigenvalue weighted by atomic mass is 32.2. The monoisotopic (exact) mass is 313 g/mol. The lowest BCUT2D eigenvalue weighted by atomic mass is 10.2. The Morgan fingerprint density at radius 2 is 1.91 bits per heavy atom. The van der Waals surface area contributed by atoms with Crippen LogP contribution in [0.1, 0.15) is 5.76 Å². The molecule has 1 aromatic heterocycles. The molecule has 2 aromatic rings. The second-order valence-electron chi connectivity index (χ2n) is 4.43. The Balaban J connectivity index is 1.80. The maximum absolute atomic E-state index is 12.3. The summed E-state index contributed by atoms with van der Waals surface area (Å²) in [6.45, 7) is 0. The van der Waals surface area contributed by atoms with Crippen molar-refractivity contribution in [3.63, 3.8) is 0 Å². The summed E-state index contributed by atoms with van der Waals surface area (Å²) in [7, 11) is 0. The van der Waals surface area contributed by atoms with Crippen molar-refractivity contribution < 1.29 is 19.1 Å². The molecule has 0 unspecified atom stereocenters. The van der Waals surface area contributed by atoms with Crippen LogP contribution >= 0.6 is 11.8 Å². The molecule has 0 radical (unpaired) electrons. The van der Waals surface area contributed by atoms with Gasteiger partial charge in [0.15, 0.2) is 0 Å². The fraction of sp³-hybridized carbons (Fsp3) is 0. The zero-order valence-electron chi connectivity index (χ0n) is 11.3. The van der Waals surface area contributed by atoms with Crippen LogP contribution in [0.4, 0.5) is 10.5 Å². The minimum absolute atomic E-state index is 0.0765. The number of anilines is 1. The van der Waals surface area contributed by atoms with Gasteiger partial charge in [-0.1, -0.05) is 6.08 Å². The first-order valence-electron chi connectivity index (χ1n) is 6.42. The molecule has 0 saturated carbocycles. The van der Waals surface area contributed by atoms with Crippen LogP contribution in [0.25, 0.3) is 6.08 Å². The molecule has 1 aliphatic rings. The Kier molecular flexibility index (Phi) is 3.84. The molecule has 1 N–H and O–H groups in total. The average Bonchev–Trinajstić information content (AvgIpc) is 3.10. The molecule has 0 bridgehead atoms. The predicted octanol–water partition coefficient (Wildman–Crippen LogP) is 3.78. The van der Waals surface area contributed by atoms with Crippen molar-refractivity contribution in [2.24, 2.45) is 0 Å². The summed E-state index contributed by atoms with van der Waals surface area (Å²) in [5.74, 6) is 0.353. The molecule has 5 nitrogen and oxygen atoms in total. The topological polar surface area (TPSA) is 70.8 Å². The number of carbonyl (C=O) groups is 2. The smallest absolute Gasteiger partial charge is 0.298 e. The molecule has 1 saturated heterocycles. The van der Waals surface area contributed by atoms with Gasteiger partial charge in [-0.15, -0.1) is 0 Å². The van der Waals surface area contributed by atoms with Crippen LogP contribution in [0.3, 0.4) is 0 Å². The lowest BCUT2D eigenvalue weighted by Gasteiger charge is -2.11. The Bertz CT molecular complexity index is 760. The zero-order valence-corrected chi connectivity index (χ0v) is 12.1. The van der Waals surface area contributed by atoms with Gasteiger partial charge in [0.1, 0.15) is 11.5 Å². The molecule has 1 aromatic carbocycles. The molecular weight excluding hydrogens is 302 g/mol. The fourth-order valence-electron chi connectivity index (χ4n) is 1.92. The number of amides is 2. The van der Waals surface area contributed by atoms with Crippen LogP contribution in [-0.4, -0.2) is 16.3 Å². The highest BCUT2D eigenvalue weighted by Crippen LogP contribution is 2.35. The van der Waals surface area contributed by atoms with E-state index in [-0.39, 0.29) is 16.9 Å². The van der Waals surface area contributed by atoms with Gasteiger partial charge in [-0.3, -0.25) is 9.59 Å². The minimum Gasteiger partial charge on any atom is -0.508 e. The van der Waals surface area contributed by atoms with Gasteiger partial charge in [-0.25, -0.2) is 4.90 Å². The number of benzene rings is 1. The predicted molar refractivity (Wildman–Crippen MR) is 84.4 cm³/mol. The number of imide groups is 1. The average molecular weight is 313 g/mol. The zero-order chi connectivity index (χ0) is 15.5. The van der Waals surface area contributed by atoms with Gasteiger partial charge in [0.05, 0.1) is 16.9 Å². The van der Waals surface area contributed by atoms with Gasteiger partial charge in [0.2, 0.25) is 0 Å². The number of hydrogen-bond acceptors (Lipinski definition) is 5. The molecule has 110 valence electrons. The van der Waals surface area contributed by atoms with E-state index in [1.807, 2.05) is 0 Å². The van der Waals surface area contributed by atoms with Crippen molar-refractivity contribution in [1.82, 2.24) is 0 Å². The molecule has 2 heterocycles. The van der Waals surface area contributed by atoms with Crippen LogP contribution in [-0.2, 0) is 4.79 Å². The SMILES string of the molecule is O=C1S/C(=C\C=C\c2ccco2)C(=O)N1c1ccc(O)cc1. The van der Waals surface area contributed by atoms with Crippen molar-refractivity contribution >= 4 is 34.7 Å². The summed E-state index contributed by atoms with van der Waals surface area (Å²) >= 11 is 0.872. The first-order chi connectivity index (χ1) is 10.6. The first-order valence-corrected chi connectivity index (χ1v) is 7.24. The van der Waals surface area contributed by atoms with Crippen molar-refractivity contribution in [2.75, 3.05) is 4.90 Å². The summed E-state index contributed by atoms with van der Waals surface area (Å²) in [6, 6.07) is 9.45. The summed E-state index contributed by atoms with van der Waals surface area (Å²) in [4.78, 5) is 25.7. The van der Waals surface area contributed by atoms with Crippen LogP contribution in [0, 0.1) is 0 Å². The number of nitrogens with zero attached hydrogens (tertiary/aromatic N) is 1. The highest BCUT2D eigenvalue weighted by Gasteiger charge is 2.35. The third-order valence-corrected chi connectivity index (χ3v) is 3.84. The van der Waals surface area contributed by atoms with Gasteiger partial charge >= 0.3 is 0 Å². The Labute approximate surface area is 130 Å². The van der Waals surface area contributed by atoms with Gasteiger partial charge in [-0.2, -0.15) is 0 Å². The lowest BCUT2D eigenvalue weighted by Crippen LogP contribution is -2.27. The minimum atomic E-state index is -0.384. The second kappa shape index (κ2) is 5.95. The van der Waals surface area contributed by atoms with Gasteiger partial charge < -0.3 is 9.52 Å². The Morgan fingerprint density at radius 3 is 2.59 bits per heavy atom. The quantitative estimate of drug-likeness (QED) is 0.873. The summed E-state index contributed by atoms with van der Waals surface area (Å²) in [5.41, 5.74) is 0.429. The molecule has 0 spiro atoms. The number of furan rings is 1. The molecule has 1 fully saturated rings. The first kappa shape index (κ1) is 14.2. The number of carbonyl (C=O) groups excluding carboxylic acids is 2. The Morgan fingerprint density at radius 1 is 1.14 bits per heavy atom. The molecule has 2 amide bonds. The van der Waals surface area contributed by atoms with Crippen LogP contribution in [0.15, 0.2) is 64.1 Å². The van der Waals surface area contributed by atoms with Crippen LogP contribution in [0.2, 0.25) is 0 Å². The van der Waals surface area contributed by atoms with Crippen molar-refractivity contribution in [1.29, 1.82) is 0 Å². The number of rotatable bonds is 3. The molecule has 3 rings (SSSR count). The maximum Gasteiger partial charge on any atom is 0.298 e. The molecule has 22 heavy (non-hydrogen) atoms. The highest BCUT2D eigenvalue weighted by molar-refractivity contribution is 8.18. The second-order valence-corrected chi connectivity index (χ2v) is 5.42. The third kappa shape index (κ3) is 2.82. The van der Waals surface area contributed by atoms with Gasteiger partial charge in [0.25, 0.3) is 11.1 Å². The number of thioether (sulfide) groups is 1. The van der Waals surface area contributed by atoms with E-state index in [2.05, 4.69) is 0 Å². The number of aromatic hydroxyl groups is 1. The number of phenolic OH excluding ortho intramolecular Hbond substituents is 1. The third-order valence-electron chi connectivity index (χ3n) is 2.95. The van der Waals surface area contributed by atoms with E-state index in [0.29, 0.717) is 16.4 Å². The number of allylic oxidation sites excluding steroid dienone is 2. The number of hydrogen-bond donors (Lipinski definition) is 1. The van der Waals surface area contributed by atoms with Crippen LogP contribution < -0.4 is 4.90 Å². The van der Waals surface area contributed by atoms with E-state index in [9.17, 15) is 14.7 Å². The molecule has 6 heteroatoms. The standard InChI is InChI=1S/C16H11NO4S/c18-12-8-6-11(7-9-12)17-15(19)14(22-16(17)20)5-1-3-13-4-2-10-21-13/h1-10,18H/b3-1+,14-5-. The number of phenols is 1. The molecule has 0 aliphatic carbocycles.